The summed E-state index contributed by atoms with van der Waals surface area (Å²) in [5.74, 6) is -2.74. The van der Waals surface area contributed by atoms with Gasteiger partial charge in [0.15, 0.2) is 0 Å². The lowest BCUT2D eigenvalue weighted by molar-refractivity contribution is 0.242. The Bertz CT molecular complexity index is 1550. The zero-order valence-electron chi connectivity index (χ0n) is 21.2. The fourth-order valence-corrected chi connectivity index (χ4v) is 5.98. The first-order valence-electron chi connectivity index (χ1n) is 12.4. The third-order valence-electron chi connectivity index (χ3n) is 7.09. The Morgan fingerprint density at radius 2 is 1.67 bits per heavy atom. The summed E-state index contributed by atoms with van der Waals surface area (Å²) in [5, 5.41) is 4.14. The van der Waals surface area contributed by atoms with E-state index in [0.717, 1.165) is 35.7 Å². The summed E-state index contributed by atoms with van der Waals surface area (Å²) in [6, 6.07) is 6.30. The highest BCUT2D eigenvalue weighted by Gasteiger charge is 2.39. The van der Waals surface area contributed by atoms with Crippen LogP contribution in [0.15, 0.2) is 47.4 Å². The van der Waals surface area contributed by atoms with Crippen molar-refractivity contribution in [3.05, 3.63) is 76.0 Å². The van der Waals surface area contributed by atoms with Gasteiger partial charge in [0.25, 0.3) is 0 Å². The Kier molecular flexibility index (Phi) is 7.06. The van der Waals surface area contributed by atoms with Crippen LogP contribution in [0.2, 0.25) is 0 Å². The second-order valence-corrected chi connectivity index (χ2v) is 12.3. The highest BCUT2D eigenvalue weighted by atomic mass is 32.2. The Morgan fingerprint density at radius 1 is 1.00 bits per heavy atom. The van der Waals surface area contributed by atoms with Crippen molar-refractivity contribution in [2.45, 2.75) is 25.5 Å². The van der Waals surface area contributed by atoms with Crippen LogP contribution in [0, 0.1) is 22.9 Å². The highest BCUT2D eigenvalue weighted by Crippen LogP contribution is 2.45. The first kappa shape index (κ1) is 27.0. The van der Waals surface area contributed by atoms with Crippen molar-refractivity contribution < 1.29 is 26.3 Å². The molecule has 0 radical (unpaired) electrons. The molecule has 0 bridgehead atoms. The van der Waals surface area contributed by atoms with Crippen LogP contribution in [0.1, 0.15) is 25.3 Å². The number of rotatable bonds is 8. The second kappa shape index (κ2) is 10.2. The second-order valence-electron chi connectivity index (χ2n) is 10.3. The minimum atomic E-state index is -3.80. The minimum Gasteiger partial charge on any atom is -0.486 e. The number of hydrogen-bond donors (Lipinski definition) is 1. The molecule has 208 valence electrons. The average Bonchev–Trinajstić information content (AvgIpc) is 3.62. The number of nitrogens with two attached hydrogens (primary N) is 1. The van der Waals surface area contributed by atoms with Gasteiger partial charge in [0.2, 0.25) is 15.8 Å². The molecule has 1 aliphatic heterocycles. The quantitative estimate of drug-likeness (QED) is 0.420. The summed E-state index contributed by atoms with van der Waals surface area (Å²) in [7, 11) is -3.80. The maximum absolute atomic E-state index is 13.8. The predicted octanol–water partition coefficient (Wildman–Crippen LogP) is 3.06. The van der Waals surface area contributed by atoms with E-state index in [1.165, 1.54) is 22.6 Å². The molecule has 1 saturated heterocycles. The zero-order chi connectivity index (χ0) is 27.9. The number of halogens is 3. The Labute approximate surface area is 223 Å². The van der Waals surface area contributed by atoms with Gasteiger partial charge in [0.05, 0.1) is 24.2 Å². The number of nitrogen functional groups attached to an aromatic ring is 1. The summed E-state index contributed by atoms with van der Waals surface area (Å²) in [6.07, 6.45) is 3.28. The Hall–Kier alpha value is -3.58. The monoisotopic (exact) mass is 563 g/mol. The topological polar surface area (TPSA) is 111 Å². The molecule has 2 fully saturated rings. The number of aromatic nitrogens is 2. The van der Waals surface area contributed by atoms with E-state index in [4.69, 9.17) is 10.5 Å². The fourth-order valence-electron chi connectivity index (χ4n) is 4.43. The van der Waals surface area contributed by atoms with E-state index in [9.17, 15) is 26.4 Å². The number of nitrogens with zero attached hydrogens (tertiary/aromatic N) is 4. The largest absolute Gasteiger partial charge is 0.486 e. The molecule has 1 aliphatic carbocycles. The van der Waals surface area contributed by atoms with Crippen molar-refractivity contribution in [3.63, 3.8) is 0 Å². The van der Waals surface area contributed by atoms with E-state index < -0.39 is 38.8 Å². The van der Waals surface area contributed by atoms with Gasteiger partial charge < -0.3 is 15.4 Å². The van der Waals surface area contributed by atoms with Gasteiger partial charge in [-0.25, -0.2) is 21.6 Å². The van der Waals surface area contributed by atoms with Crippen molar-refractivity contribution in [2.75, 3.05) is 43.4 Å². The van der Waals surface area contributed by atoms with E-state index in [2.05, 4.69) is 5.10 Å². The van der Waals surface area contributed by atoms with Crippen LogP contribution in [0.5, 0.6) is 5.75 Å². The maximum Gasteiger partial charge on any atom is 0.316 e. The molecule has 0 unspecified atom stereocenters. The average molecular weight is 564 g/mol. The minimum absolute atomic E-state index is 0.0216. The van der Waals surface area contributed by atoms with Crippen LogP contribution in [0.4, 0.5) is 24.5 Å². The van der Waals surface area contributed by atoms with Gasteiger partial charge in [-0.1, -0.05) is 6.92 Å². The first-order chi connectivity index (χ1) is 18.4. The SMILES string of the molecule is CC1(COc2c(N3CCN(S(=O)(=O)Cc4cc(F)ccc4N)CC3)cnn(-c3cc(F)cc(F)c3)c2=O)CC1. The number of ether oxygens (including phenoxy) is 1. The van der Waals surface area contributed by atoms with Crippen LogP contribution in [-0.4, -0.2) is 55.3 Å². The van der Waals surface area contributed by atoms with Crippen molar-refractivity contribution in [3.8, 4) is 11.4 Å². The van der Waals surface area contributed by atoms with Crippen LogP contribution in [-0.2, 0) is 15.8 Å². The lowest BCUT2D eigenvalue weighted by Crippen LogP contribution is -2.49. The van der Waals surface area contributed by atoms with Gasteiger partial charge in [0, 0.05) is 43.3 Å². The molecule has 5 rings (SSSR count). The first-order valence-corrected chi connectivity index (χ1v) is 14.0. The standard InChI is InChI=1S/C26H28F3N5O4S/c1-26(4-5-26)16-38-24-23(14-31-34(25(24)35)21-12-19(28)11-20(29)13-21)32-6-8-33(9-7-32)39(36,37)15-17-10-18(27)2-3-22(17)30/h2-3,10-14H,4-9,15-16,30H2,1H3. The van der Waals surface area contributed by atoms with Crippen molar-refractivity contribution in [2.24, 2.45) is 5.41 Å². The van der Waals surface area contributed by atoms with Crippen molar-refractivity contribution in [1.82, 2.24) is 14.1 Å². The van der Waals surface area contributed by atoms with Crippen LogP contribution in [0.25, 0.3) is 5.69 Å². The van der Waals surface area contributed by atoms with Crippen LogP contribution < -0.4 is 20.9 Å². The molecular formula is C26H28F3N5O4S. The van der Waals surface area contributed by atoms with Crippen LogP contribution >= 0.6 is 0 Å². The number of piperazine rings is 1. The normalized spacial score (nSPS) is 17.3. The summed E-state index contributed by atoms with van der Waals surface area (Å²) in [4.78, 5) is 15.2. The molecule has 1 aromatic heterocycles. The van der Waals surface area contributed by atoms with Crippen molar-refractivity contribution >= 4 is 21.4 Å². The summed E-state index contributed by atoms with van der Waals surface area (Å²) in [5.41, 5.74) is 5.75. The molecule has 3 aromatic rings. The smallest absolute Gasteiger partial charge is 0.316 e. The molecule has 13 heteroatoms. The fraction of sp³-hybridized carbons (Fsp3) is 0.385. The molecule has 2 heterocycles. The molecule has 9 nitrogen and oxygen atoms in total. The lowest BCUT2D eigenvalue weighted by atomic mass is 10.2. The van der Waals surface area contributed by atoms with Gasteiger partial charge >= 0.3 is 5.56 Å². The summed E-state index contributed by atoms with van der Waals surface area (Å²) >= 11 is 0. The van der Waals surface area contributed by atoms with Gasteiger partial charge in [-0.2, -0.15) is 14.1 Å². The third kappa shape index (κ3) is 5.88. The summed E-state index contributed by atoms with van der Waals surface area (Å²) in [6.45, 7) is 2.97. The van der Waals surface area contributed by atoms with Gasteiger partial charge in [-0.15, -0.1) is 0 Å². The van der Waals surface area contributed by atoms with Crippen molar-refractivity contribution in [1.29, 1.82) is 0 Å². The summed E-state index contributed by atoms with van der Waals surface area (Å²) < 4.78 is 75.5. The number of hydrogen-bond acceptors (Lipinski definition) is 7. The van der Waals surface area contributed by atoms with E-state index in [0.29, 0.717) is 11.8 Å². The number of sulfonamides is 1. The van der Waals surface area contributed by atoms with E-state index in [-0.39, 0.29) is 60.9 Å². The number of anilines is 2. The maximum atomic E-state index is 13.8. The number of benzene rings is 2. The molecule has 39 heavy (non-hydrogen) atoms. The highest BCUT2D eigenvalue weighted by molar-refractivity contribution is 7.88. The van der Waals surface area contributed by atoms with Crippen LogP contribution in [0.3, 0.4) is 0 Å². The van der Waals surface area contributed by atoms with Gasteiger partial charge in [-0.3, -0.25) is 4.79 Å². The Morgan fingerprint density at radius 3 is 2.31 bits per heavy atom. The lowest BCUT2D eigenvalue weighted by Gasteiger charge is -2.35. The molecule has 2 N–H and O–H groups in total. The molecule has 2 aromatic carbocycles. The van der Waals surface area contributed by atoms with E-state index >= 15 is 0 Å². The van der Waals surface area contributed by atoms with E-state index in [1.807, 2.05) is 6.92 Å². The third-order valence-corrected chi connectivity index (χ3v) is 8.92. The molecule has 1 saturated carbocycles. The Balaban J connectivity index is 1.38. The molecular weight excluding hydrogens is 535 g/mol. The predicted molar refractivity (Wildman–Crippen MR) is 140 cm³/mol. The van der Waals surface area contributed by atoms with E-state index in [1.54, 1.807) is 4.90 Å². The zero-order valence-corrected chi connectivity index (χ0v) is 22.1. The molecule has 0 amide bonds. The molecule has 0 spiro atoms. The molecule has 2 aliphatic rings. The van der Waals surface area contributed by atoms with Gasteiger partial charge in [-0.05, 0) is 48.7 Å². The molecule has 0 atom stereocenters. The van der Waals surface area contributed by atoms with Gasteiger partial charge in [0.1, 0.15) is 23.1 Å².